The smallest absolute Gasteiger partial charge is 0.0931 e. The van der Waals surface area contributed by atoms with Gasteiger partial charge in [-0.25, -0.2) is 0 Å². The molecule has 0 aliphatic heterocycles. The summed E-state index contributed by atoms with van der Waals surface area (Å²) in [6.45, 7) is 5.02. The van der Waals surface area contributed by atoms with Gasteiger partial charge >= 0.3 is 0 Å². The predicted octanol–water partition coefficient (Wildman–Crippen LogP) is 4.16. The van der Waals surface area contributed by atoms with E-state index in [-0.39, 0.29) is 18.1 Å². The molecule has 5 heteroatoms. The molecule has 2 rings (SSSR count). The summed E-state index contributed by atoms with van der Waals surface area (Å²) in [5.74, 6) is 0. The number of thiophene rings is 2. The molecular formula is C14H18ClNOS2. The first-order valence-corrected chi connectivity index (χ1v) is 8.22. The van der Waals surface area contributed by atoms with Crippen LogP contribution in [0.25, 0.3) is 0 Å². The van der Waals surface area contributed by atoms with Gasteiger partial charge in [0.15, 0.2) is 0 Å². The standard InChI is InChI=1S/C14H18ClNOS2/c1-14(2,9-17)8-16-13(10-4-3-7-18-10)11-5-6-12(15)19-11/h3-7,13,16-17H,8-9H2,1-2H3. The lowest BCUT2D eigenvalue weighted by Gasteiger charge is -2.25. The zero-order valence-electron chi connectivity index (χ0n) is 11.0. The van der Waals surface area contributed by atoms with Gasteiger partial charge in [0.2, 0.25) is 0 Å². The molecule has 0 bridgehead atoms. The highest BCUT2D eigenvalue weighted by Gasteiger charge is 2.22. The molecule has 2 aromatic heterocycles. The van der Waals surface area contributed by atoms with Gasteiger partial charge in [0, 0.05) is 28.3 Å². The number of rotatable bonds is 6. The second-order valence-corrected chi connectivity index (χ2v) is 8.02. The normalized spacial score (nSPS) is 13.7. The Morgan fingerprint density at radius 1 is 1.32 bits per heavy atom. The molecule has 1 unspecified atom stereocenters. The van der Waals surface area contributed by atoms with Crippen LogP contribution in [0.1, 0.15) is 29.6 Å². The quantitative estimate of drug-likeness (QED) is 0.839. The minimum Gasteiger partial charge on any atom is -0.396 e. The Bertz CT molecular complexity index is 507. The summed E-state index contributed by atoms with van der Waals surface area (Å²) >= 11 is 9.37. The summed E-state index contributed by atoms with van der Waals surface area (Å²) in [6, 6.07) is 8.34. The topological polar surface area (TPSA) is 32.3 Å². The van der Waals surface area contributed by atoms with E-state index in [0.29, 0.717) is 0 Å². The van der Waals surface area contributed by atoms with Crippen LogP contribution in [0.3, 0.4) is 0 Å². The monoisotopic (exact) mass is 315 g/mol. The van der Waals surface area contributed by atoms with Crippen LogP contribution in [0.5, 0.6) is 0 Å². The highest BCUT2D eigenvalue weighted by Crippen LogP contribution is 2.33. The third kappa shape index (κ3) is 4.04. The fraction of sp³-hybridized carbons (Fsp3) is 0.429. The summed E-state index contributed by atoms with van der Waals surface area (Å²) in [4.78, 5) is 2.48. The highest BCUT2D eigenvalue weighted by molar-refractivity contribution is 7.16. The summed E-state index contributed by atoms with van der Waals surface area (Å²) in [5.41, 5.74) is -0.128. The summed E-state index contributed by atoms with van der Waals surface area (Å²) in [5, 5.41) is 15.0. The van der Waals surface area contributed by atoms with Crippen molar-refractivity contribution in [3.05, 3.63) is 43.7 Å². The van der Waals surface area contributed by atoms with Crippen LogP contribution in [0.15, 0.2) is 29.6 Å². The van der Waals surface area contributed by atoms with Gasteiger partial charge in [-0.15, -0.1) is 22.7 Å². The molecule has 2 nitrogen and oxygen atoms in total. The van der Waals surface area contributed by atoms with E-state index in [1.165, 1.54) is 9.75 Å². The Balaban J connectivity index is 2.16. The minimum absolute atomic E-state index is 0.128. The summed E-state index contributed by atoms with van der Waals surface area (Å²) < 4.78 is 0.805. The molecule has 0 aliphatic carbocycles. The second kappa shape index (κ2) is 6.37. The zero-order valence-corrected chi connectivity index (χ0v) is 13.4. The van der Waals surface area contributed by atoms with E-state index in [0.717, 1.165) is 10.9 Å². The van der Waals surface area contributed by atoms with Crippen molar-refractivity contribution in [3.8, 4) is 0 Å². The van der Waals surface area contributed by atoms with Crippen molar-refractivity contribution in [2.75, 3.05) is 13.2 Å². The van der Waals surface area contributed by atoms with Gasteiger partial charge in [0.05, 0.1) is 10.4 Å². The van der Waals surface area contributed by atoms with E-state index in [2.05, 4.69) is 28.9 Å². The molecule has 2 aromatic rings. The van der Waals surface area contributed by atoms with Crippen molar-refractivity contribution in [3.63, 3.8) is 0 Å². The van der Waals surface area contributed by atoms with Crippen molar-refractivity contribution in [1.29, 1.82) is 0 Å². The number of halogens is 1. The van der Waals surface area contributed by atoms with E-state index in [4.69, 9.17) is 11.6 Å². The van der Waals surface area contributed by atoms with Crippen molar-refractivity contribution in [2.45, 2.75) is 19.9 Å². The van der Waals surface area contributed by atoms with E-state index in [1.54, 1.807) is 22.7 Å². The van der Waals surface area contributed by atoms with Gasteiger partial charge in [-0.1, -0.05) is 31.5 Å². The van der Waals surface area contributed by atoms with Crippen LogP contribution in [-0.2, 0) is 0 Å². The van der Waals surface area contributed by atoms with Crippen LogP contribution in [-0.4, -0.2) is 18.3 Å². The molecule has 1 atom stereocenters. The molecule has 104 valence electrons. The average molecular weight is 316 g/mol. The van der Waals surface area contributed by atoms with Crippen LogP contribution in [0, 0.1) is 5.41 Å². The maximum absolute atomic E-state index is 9.36. The number of aliphatic hydroxyl groups is 1. The zero-order chi connectivity index (χ0) is 13.9. The number of hydrogen-bond donors (Lipinski definition) is 2. The van der Waals surface area contributed by atoms with E-state index in [1.807, 2.05) is 19.9 Å². The molecule has 19 heavy (non-hydrogen) atoms. The first-order chi connectivity index (χ1) is 9.02. The first kappa shape index (κ1) is 15.0. The molecule has 0 radical (unpaired) electrons. The van der Waals surface area contributed by atoms with Crippen molar-refractivity contribution >= 4 is 34.3 Å². The molecule has 0 saturated carbocycles. The molecule has 2 heterocycles. The van der Waals surface area contributed by atoms with E-state index >= 15 is 0 Å². The fourth-order valence-corrected chi connectivity index (χ4v) is 3.76. The Morgan fingerprint density at radius 3 is 2.63 bits per heavy atom. The number of aliphatic hydroxyl groups excluding tert-OH is 1. The van der Waals surface area contributed by atoms with E-state index in [9.17, 15) is 5.11 Å². The maximum atomic E-state index is 9.36. The molecule has 0 spiro atoms. The molecule has 0 aromatic carbocycles. The third-order valence-electron chi connectivity index (χ3n) is 2.92. The third-order valence-corrected chi connectivity index (χ3v) is 5.15. The van der Waals surface area contributed by atoms with Gasteiger partial charge in [-0.2, -0.15) is 0 Å². The molecule has 0 aliphatic rings. The SMILES string of the molecule is CC(C)(CO)CNC(c1cccs1)c1ccc(Cl)s1. The van der Waals surface area contributed by atoms with Crippen LogP contribution >= 0.6 is 34.3 Å². The first-order valence-electron chi connectivity index (χ1n) is 6.15. The Kier molecular flexibility index (Phi) is 5.03. The lowest BCUT2D eigenvalue weighted by atomic mass is 9.94. The van der Waals surface area contributed by atoms with Gasteiger partial charge in [0.1, 0.15) is 0 Å². The predicted molar refractivity (Wildman–Crippen MR) is 84.4 cm³/mol. The number of hydrogen-bond acceptors (Lipinski definition) is 4. The fourth-order valence-electron chi connectivity index (χ4n) is 1.71. The number of nitrogens with one attached hydrogen (secondary N) is 1. The summed E-state index contributed by atoms with van der Waals surface area (Å²) in [6.07, 6.45) is 0. The van der Waals surface area contributed by atoms with E-state index < -0.39 is 0 Å². The molecule has 0 amide bonds. The van der Waals surface area contributed by atoms with Gasteiger partial charge in [0.25, 0.3) is 0 Å². The Hall–Kier alpha value is -0.390. The lowest BCUT2D eigenvalue weighted by molar-refractivity contribution is 0.155. The van der Waals surface area contributed by atoms with Gasteiger partial charge in [-0.3, -0.25) is 0 Å². The average Bonchev–Trinajstić information content (AvgIpc) is 3.02. The van der Waals surface area contributed by atoms with Crippen LogP contribution in [0.4, 0.5) is 0 Å². The molecule has 2 N–H and O–H groups in total. The molecule has 0 saturated heterocycles. The Labute approximate surface area is 127 Å². The van der Waals surface area contributed by atoms with Gasteiger partial charge in [-0.05, 0) is 23.6 Å². The maximum Gasteiger partial charge on any atom is 0.0931 e. The van der Waals surface area contributed by atoms with Gasteiger partial charge < -0.3 is 10.4 Å². The minimum atomic E-state index is -0.128. The lowest BCUT2D eigenvalue weighted by Crippen LogP contribution is -2.34. The Morgan fingerprint density at radius 2 is 2.11 bits per heavy atom. The largest absolute Gasteiger partial charge is 0.396 e. The second-order valence-electron chi connectivity index (χ2n) is 5.29. The van der Waals surface area contributed by atoms with Crippen molar-refractivity contribution < 1.29 is 5.11 Å². The van der Waals surface area contributed by atoms with Crippen LogP contribution < -0.4 is 5.32 Å². The summed E-state index contributed by atoms with van der Waals surface area (Å²) in [7, 11) is 0. The molecule has 0 fully saturated rings. The van der Waals surface area contributed by atoms with Crippen molar-refractivity contribution in [1.82, 2.24) is 5.32 Å². The highest BCUT2D eigenvalue weighted by atomic mass is 35.5. The molecular weight excluding hydrogens is 298 g/mol. The van der Waals surface area contributed by atoms with Crippen molar-refractivity contribution in [2.24, 2.45) is 5.41 Å². The van der Waals surface area contributed by atoms with Crippen LogP contribution in [0.2, 0.25) is 4.34 Å².